The summed E-state index contributed by atoms with van der Waals surface area (Å²) in [7, 11) is 0. The number of aromatic nitrogens is 3. The summed E-state index contributed by atoms with van der Waals surface area (Å²) in [4.78, 5) is 17.5. The topological polar surface area (TPSA) is 63.5 Å². The summed E-state index contributed by atoms with van der Waals surface area (Å²) in [5, 5.41) is 8.81. The van der Waals surface area contributed by atoms with E-state index in [1.54, 1.807) is 0 Å². The zero-order chi connectivity index (χ0) is 19.6. The highest BCUT2D eigenvalue weighted by atomic mass is 16.5. The van der Waals surface area contributed by atoms with Crippen LogP contribution in [0, 0.1) is 11.3 Å². The molecule has 2 saturated heterocycles. The Balaban J connectivity index is 1.53. The van der Waals surface area contributed by atoms with Crippen molar-refractivity contribution in [3.05, 3.63) is 12.2 Å². The van der Waals surface area contributed by atoms with Gasteiger partial charge in [-0.25, -0.2) is 0 Å². The van der Waals surface area contributed by atoms with Crippen molar-refractivity contribution in [3.8, 4) is 0 Å². The quantitative estimate of drug-likeness (QED) is 0.772. The van der Waals surface area contributed by atoms with Crippen LogP contribution < -0.4 is 0 Å². The molecule has 1 saturated carbocycles. The SMILES string of the molecule is CC(C)Cn1cnnc1C1CN(C(=O)CN2CCOCC2)CC12CCCCC2. The van der Waals surface area contributed by atoms with Gasteiger partial charge in [0.15, 0.2) is 0 Å². The molecular formula is C21H35N5O2. The third kappa shape index (κ3) is 4.10. The molecule has 1 atom stereocenters. The molecule has 3 heterocycles. The number of likely N-dealkylation sites (tertiary alicyclic amines) is 1. The lowest BCUT2D eigenvalue weighted by molar-refractivity contribution is -0.132. The van der Waals surface area contributed by atoms with Gasteiger partial charge >= 0.3 is 0 Å². The number of nitrogens with zero attached hydrogens (tertiary/aromatic N) is 5. The number of amides is 1. The number of hydrogen-bond donors (Lipinski definition) is 0. The minimum absolute atomic E-state index is 0.181. The van der Waals surface area contributed by atoms with E-state index in [2.05, 4.69) is 38.4 Å². The minimum atomic E-state index is 0.181. The fourth-order valence-corrected chi connectivity index (χ4v) is 5.40. The van der Waals surface area contributed by atoms with Crippen LogP contribution in [0.2, 0.25) is 0 Å². The van der Waals surface area contributed by atoms with Gasteiger partial charge in [0, 0.05) is 38.6 Å². The predicted octanol–water partition coefficient (Wildman–Crippen LogP) is 2.14. The lowest BCUT2D eigenvalue weighted by Gasteiger charge is -2.37. The van der Waals surface area contributed by atoms with Gasteiger partial charge in [-0.3, -0.25) is 9.69 Å². The van der Waals surface area contributed by atoms with E-state index < -0.39 is 0 Å². The van der Waals surface area contributed by atoms with Crippen molar-refractivity contribution in [2.45, 2.75) is 58.4 Å². The van der Waals surface area contributed by atoms with Crippen LogP contribution in [0.15, 0.2) is 6.33 Å². The maximum atomic E-state index is 13.1. The Morgan fingerprint density at radius 1 is 1.25 bits per heavy atom. The fourth-order valence-electron chi connectivity index (χ4n) is 5.40. The van der Waals surface area contributed by atoms with Crippen LogP contribution in [0.3, 0.4) is 0 Å². The molecule has 7 heteroatoms. The largest absolute Gasteiger partial charge is 0.379 e. The maximum absolute atomic E-state index is 13.1. The number of carbonyl (C=O) groups excluding carboxylic acids is 1. The molecular weight excluding hydrogens is 354 g/mol. The van der Waals surface area contributed by atoms with E-state index in [9.17, 15) is 4.79 Å². The number of ether oxygens (including phenoxy) is 1. The predicted molar refractivity (Wildman–Crippen MR) is 107 cm³/mol. The van der Waals surface area contributed by atoms with Crippen LogP contribution >= 0.6 is 0 Å². The second-order valence-corrected chi connectivity index (χ2v) is 9.37. The summed E-state index contributed by atoms with van der Waals surface area (Å²) in [5.41, 5.74) is 0.181. The highest BCUT2D eigenvalue weighted by Crippen LogP contribution is 2.51. The van der Waals surface area contributed by atoms with Gasteiger partial charge in [0.2, 0.25) is 5.91 Å². The molecule has 0 radical (unpaired) electrons. The molecule has 1 aliphatic carbocycles. The summed E-state index contributed by atoms with van der Waals surface area (Å²) in [6, 6.07) is 0. The van der Waals surface area contributed by atoms with Crippen LogP contribution in [0.1, 0.15) is 57.7 Å². The summed E-state index contributed by atoms with van der Waals surface area (Å²) in [6.45, 7) is 10.8. The fraction of sp³-hybridized carbons (Fsp3) is 0.857. The van der Waals surface area contributed by atoms with Crippen molar-refractivity contribution in [2.75, 3.05) is 45.9 Å². The van der Waals surface area contributed by atoms with Gasteiger partial charge in [-0.1, -0.05) is 33.1 Å². The Labute approximate surface area is 168 Å². The zero-order valence-corrected chi connectivity index (χ0v) is 17.5. The lowest BCUT2D eigenvalue weighted by Crippen LogP contribution is -2.44. The Morgan fingerprint density at radius 2 is 2.00 bits per heavy atom. The van der Waals surface area contributed by atoms with Gasteiger partial charge in [0.25, 0.3) is 0 Å². The first-order valence-electron chi connectivity index (χ1n) is 11.0. The molecule has 1 aromatic heterocycles. The molecule has 3 fully saturated rings. The Kier molecular flexibility index (Phi) is 6.01. The van der Waals surface area contributed by atoms with Crippen LogP contribution in [0.25, 0.3) is 0 Å². The van der Waals surface area contributed by atoms with E-state index in [0.717, 1.165) is 51.8 Å². The molecule has 1 spiro atoms. The highest BCUT2D eigenvalue weighted by Gasteiger charge is 2.50. The molecule has 0 aromatic carbocycles. The molecule has 28 heavy (non-hydrogen) atoms. The standard InChI is InChI=1S/C21H35N5O2/c1-17(2)12-26-16-22-23-20(26)18-13-25(15-21(18)6-4-3-5-7-21)19(27)14-24-8-10-28-11-9-24/h16-18H,3-15H2,1-2H3. The molecule has 1 unspecified atom stereocenters. The van der Waals surface area contributed by atoms with Crippen molar-refractivity contribution in [2.24, 2.45) is 11.3 Å². The van der Waals surface area contributed by atoms with Crippen LogP contribution in [0.4, 0.5) is 0 Å². The van der Waals surface area contributed by atoms with Crippen molar-refractivity contribution in [1.82, 2.24) is 24.6 Å². The second kappa shape index (κ2) is 8.49. The third-order valence-corrected chi connectivity index (χ3v) is 6.83. The number of morpholine rings is 1. The average Bonchev–Trinajstić information content (AvgIpc) is 3.27. The second-order valence-electron chi connectivity index (χ2n) is 9.37. The lowest BCUT2D eigenvalue weighted by atomic mass is 9.67. The first-order chi connectivity index (χ1) is 13.6. The number of carbonyl (C=O) groups is 1. The summed E-state index contributed by atoms with van der Waals surface area (Å²) in [5.74, 6) is 2.22. The van der Waals surface area contributed by atoms with Crippen LogP contribution in [-0.4, -0.2) is 76.4 Å². The molecule has 4 rings (SSSR count). The van der Waals surface area contributed by atoms with Gasteiger partial charge in [-0.05, 0) is 24.2 Å². The smallest absolute Gasteiger partial charge is 0.236 e. The maximum Gasteiger partial charge on any atom is 0.236 e. The summed E-state index contributed by atoms with van der Waals surface area (Å²) >= 11 is 0. The Morgan fingerprint density at radius 3 is 2.71 bits per heavy atom. The van der Waals surface area contributed by atoms with E-state index in [0.29, 0.717) is 18.4 Å². The monoisotopic (exact) mass is 389 g/mol. The summed E-state index contributed by atoms with van der Waals surface area (Å²) < 4.78 is 7.66. The molecule has 156 valence electrons. The zero-order valence-electron chi connectivity index (χ0n) is 17.5. The van der Waals surface area contributed by atoms with E-state index in [-0.39, 0.29) is 11.3 Å². The van der Waals surface area contributed by atoms with Crippen molar-refractivity contribution in [3.63, 3.8) is 0 Å². The van der Waals surface area contributed by atoms with E-state index >= 15 is 0 Å². The normalized spacial score (nSPS) is 25.7. The summed E-state index contributed by atoms with van der Waals surface area (Å²) in [6.07, 6.45) is 8.13. The van der Waals surface area contributed by atoms with E-state index in [1.165, 1.54) is 32.1 Å². The van der Waals surface area contributed by atoms with Gasteiger partial charge < -0.3 is 14.2 Å². The van der Waals surface area contributed by atoms with Crippen LogP contribution in [-0.2, 0) is 16.1 Å². The minimum Gasteiger partial charge on any atom is -0.379 e. The molecule has 0 N–H and O–H groups in total. The first-order valence-corrected chi connectivity index (χ1v) is 11.0. The molecule has 1 aromatic rings. The van der Waals surface area contributed by atoms with Gasteiger partial charge in [-0.2, -0.15) is 0 Å². The average molecular weight is 390 g/mol. The Bertz CT molecular complexity index is 662. The van der Waals surface area contributed by atoms with E-state index in [1.807, 2.05) is 6.33 Å². The molecule has 0 bridgehead atoms. The van der Waals surface area contributed by atoms with Crippen molar-refractivity contribution in [1.29, 1.82) is 0 Å². The molecule has 1 amide bonds. The molecule has 3 aliphatic rings. The molecule has 7 nitrogen and oxygen atoms in total. The highest BCUT2D eigenvalue weighted by molar-refractivity contribution is 5.79. The molecule has 2 aliphatic heterocycles. The third-order valence-electron chi connectivity index (χ3n) is 6.83. The first kappa shape index (κ1) is 19.8. The van der Waals surface area contributed by atoms with Gasteiger partial charge in [0.05, 0.1) is 19.8 Å². The Hall–Kier alpha value is -1.47. The number of hydrogen-bond acceptors (Lipinski definition) is 5. The van der Waals surface area contributed by atoms with Crippen molar-refractivity contribution < 1.29 is 9.53 Å². The van der Waals surface area contributed by atoms with E-state index in [4.69, 9.17) is 4.74 Å². The van der Waals surface area contributed by atoms with Gasteiger partial charge in [-0.15, -0.1) is 10.2 Å². The van der Waals surface area contributed by atoms with Gasteiger partial charge in [0.1, 0.15) is 12.2 Å². The van der Waals surface area contributed by atoms with Crippen LogP contribution in [0.5, 0.6) is 0 Å². The number of rotatable bonds is 5. The van der Waals surface area contributed by atoms with Crippen molar-refractivity contribution >= 4 is 5.91 Å².